The minimum absolute atomic E-state index is 0.430. The van der Waals surface area contributed by atoms with Gasteiger partial charge < -0.3 is 14.5 Å². The first-order valence-electron chi connectivity index (χ1n) is 7.13. The molecule has 0 amide bonds. The van der Waals surface area contributed by atoms with Crippen LogP contribution in [0.1, 0.15) is 26.2 Å². The third-order valence-corrected chi connectivity index (χ3v) is 4.99. The van der Waals surface area contributed by atoms with E-state index in [0.29, 0.717) is 5.41 Å². The van der Waals surface area contributed by atoms with E-state index in [1.165, 1.54) is 38.9 Å². The van der Waals surface area contributed by atoms with Crippen molar-refractivity contribution in [1.29, 1.82) is 0 Å². The fraction of sp³-hybridized carbons (Fsp3) is 1.00. The van der Waals surface area contributed by atoms with Crippen LogP contribution in [0, 0.1) is 5.41 Å². The van der Waals surface area contributed by atoms with Crippen LogP contribution >= 0.6 is 15.9 Å². The van der Waals surface area contributed by atoms with Gasteiger partial charge in [0.15, 0.2) is 0 Å². The molecule has 0 atom stereocenters. The number of ether oxygens (including phenoxy) is 1. The van der Waals surface area contributed by atoms with Crippen LogP contribution in [0.15, 0.2) is 0 Å². The third kappa shape index (κ3) is 5.55. The Kier molecular flexibility index (Phi) is 7.76. The first kappa shape index (κ1) is 16.4. The molecule has 1 rings (SSSR count). The van der Waals surface area contributed by atoms with E-state index in [4.69, 9.17) is 4.74 Å². The van der Waals surface area contributed by atoms with Crippen molar-refractivity contribution in [3.63, 3.8) is 0 Å². The summed E-state index contributed by atoms with van der Waals surface area (Å²) in [5.74, 6) is 0. The number of hydrogen-bond acceptors (Lipinski definition) is 3. The summed E-state index contributed by atoms with van der Waals surface area (Å²) in [7, 11) is 4.30. The van der Waals surface area contributed by atoms with Crippen LogP contribution in [0.5, 0.6) is 0 Å². The zero-order chi connectivity index (χ0) is 13.4. The van der Waals surface area contributed by atoms with E-state index in [0.717, 1.165) is 25.1 Å². The van der Waals surface area contributed by atoms with Gasteiger partial charge in [-0.15, -0.1) is 0 Å². The summed E-state index contributed by atoms with van der Waals surface area (Å²) in [6.45, 7) is 8.88. The lowest BCUT2D eigenvalue weighted by Crippen LogP contribution is -2.44. The third-order valence-electron chi connectivity index (χ3n) is 3.80. The van der Waals surface area contributed by atoms with Crippen LogP contribution in [-0.4, -0.2) is 68.6 Å². The predicted molar refractivity (Wildman–Crippen MR) is 81.6 cm³/mol. The standard InChI is InChI=1S/C14H29BrN2O/c1-4-7-17(9-8-16(2)3)13-14(12-15)5-10-18-11-6-14/h4-13H2,1-3H3. The minimum Gasteiger partial charge on any atom is -0.381 e. The van der Waals surface area contributed by atoms with Crippen molar-refractivity contribution >= 4 is 15.9 Å². The molecule has 0 aromatic rings. The highest BCUT2D eigenvalue weighted by atomic mass is 79.9. The van der Waals surface area contributed by atoms with Crippen LogP contribution < -0.4 is 0 Å². The Bertz CT molecular complexity index is 218. The lowest BCUT2D eigenvalue weighted by atomic mass is 9.82. The molecule has 0 unspecified atom stereocenters. The first-order valence-corrected chi connectivity index (χ1v) is 8.25. The maximum atomic E-state index is 5.52. The number of alkyl halides is 1. The van der Waals surface area contributed by atoms with E-state index in [-0.39, 0.29) is 0 Å². The van der Waals surface area contributed by atoms with Crippen molar-refractivity contribution < 1.29 is 4.74 Å². The van der Waals surface area contributed by atoms with Gasteiger partial charge in [0.2, 0.25) is 0 Å². The number of rotatable bonds is 8. The Balaban J connectivity index is 2.50. The predicted octanol–water partition coefficient (Wildman–Crippen LogP) is 2.45. The molecule has 1 fully saturated rings. The molecule has 0 N–H and O–H groups in total. The Morgan fingerprint density at radius 2 is 1.78 bits per heavy atom. The van der Waals surface area contributed by atoms with Crippen LogP contribution in [0.3, 0.4) is 0 Å². The van der Waals surface area contributed by atoms with Crippen molar-refractivity contribution in [2.24, 2.45) is 5.41 Å². The van der Waals surface area contributed by atoms with E-state index >= 15 is 0 Å². The molecule has 108 valence electrons. The summed E-state index contributed by atoms with van der Waals surface area (Å²) >= 11 is 3.74. The molecule has 18 heavy (non-hydrogen) atoms. The lowest BCUT2D eigenvalue weighted by Gasteiger charge is -2.40. The Morgan fingerprint density at radius 3 is 2.28 bits per heavy atom. The van der Waals surface area contributed by atoms with E-state index < -0.39 is 0 Å². The van der Waals surface area contributed by atoms with Crippen LogP contribution in [0.2, 0.25) is 0 Å². The monoisotopic (exact) mass is 320 g/mol. The molecule has 1 saturated heterocycles. The molecule has 0 radical (unpaired) electrons. The summed E-state index contributed by atoms with van der Waals surface area (Å²) in [5.41, 5.74) is 0.430. The second kappa shape index (κ2) is 8.51. The number of nitrogens with zero attached hydrogens (tertiary/aromatic N) is 2. The summed E-state index contributed by atoms with van der Waals surface area (Å²) in [5, 5.41) is 1.10. The fourth-order valence-corrected chi connectivity index (χ4v) is 3.28. The van der Waals surface area contributed by atoms with Gasteiger partial charge in [0.25, 0.3) is 0 Å². The first-order chi connectivity index (χ1) is 8.62. The Morgan fingerprint density at radius 1 is 1.11 bits per heavy atom. The van der Waals surface area contributed by atoms with Crippen molar-refractivity contribution in [3.8, 4) is 0 Å². The summed E-state index contributed by atoms with van der Waals surface area (Å²) in [6.07, 6.45) is 3.63. The fourth-order valence-electron chi connectivity index (χ4n) is 2.54. The van der Waals surface area contributed by atoms with Crippen LogP contribution in [0.4, 0.5) is 0 Å². The normalized spacial score (nSPS) is 19.7. The molecule has 0 aromatic heterocycles. The van der Waals surface area contributed by atoms with Gasteiger partial charge in [-0.2, -0.15) is 0 Å². The van der Waals surface area contributed by atoms with E-state index in [1.807, 2.05) is 0 Å². The molecule has 0 aliphatic carbocycles. The summed E-state index contributed by atoms with van der Waals surface area (Å²) in [4.78, 5) is 4.90. The van der Waals surface area contributed by atoms with Gasteiger partial charge in [-0.25, -0.2) is 0 Å². The second-order valence-electron chi connectivity index (χ2n) is 5.83. The van der Waals surface area contributed by atoms with Gasteiger partial charge in [-0.05, 0) is 45.3 Å². The molecular formula is C14H29BrN2O. The van der Waals surface area contributed by atoms with E-state index in [2.05, 4.69) is 46.7 Å². The Labute approximate surface area is 121 Å². The van der Waals surface area contributed by atoms with E-state index in [9.17, 15) is 0 Å². The second-order valence-corrected chi connectivity index (χ2v) is 6.39. The van der Waals surface area contributed by atoms with Gasteiger partial charge in [-0.1, -0.05) is 22.9 Å². The SMILES string of the molecule is CCCN(CCN(C)C)CC1(CBr)CCOCC1. The van der Waals surface area contributed by atoms with Gasteiger partial charge in [0.1, 0.15) is 0 Å². The van der Waals surface area contributed by atoms with Crippen LogP contribution in [0.25, 0.3) is 0 Å². The molecule has 0 bridgehead atoms. The highest BCUT2D eigenvalue weighted by Crippen LogP contribution is 2.33. The quantitative estimate of drug-likeness (QED) is 0.639. The van der Waals surface area contributed by atoms with E-state index in [1.54, 1.807) is 0 Å². The molecule has 1 aliphatic rings. The number of likely N-dealkylation sites (N-methyl/N-ethyl adjacent to an activating group) is 1. The van der Waals surface area contributed by atoms with Crippen LogP contribution in [-0.2, 0) is 4.74 Å². The number of hydrogen-bond donors (Lipinski definition) is 0. The topological polar surface area (TPSA) is 15.7 Å². The average Bonchev–Trinajstić information content (AvgIpc) is 2.37. The Hall–Kier alpha value is 0.360. The molecule has 4 heteroatoms. The maximum Gasteiger partial charge on any atom is 0.0472 e. The molecule has 0 spiro atoms. The van der Waals surface area contributed by atoms with Crippen molar-refractivity contribution in [2.45, 2.75) is 26.2 Å². The van der Waals surface area contributed by atoms with Crippen molar-refractivity contribution in [2.75, 3.05) is 58.8 Å². The van der Waals surface area contributed by atoms with Gasteiger partial charge >= 0.3 is 0 Å². The maximum absolute atomic E-state index is 5.52. The molecule has 0 saturated carbocycles. The number of halogens is 1. The molecule has 3 nitrogen and oxygen atoms in total. The summed E-state index contributed by atoms with van der Waals surface area (Å²) in [6, 6.07) is 0. The highest BCUT2D eigenvalue weighted by Gasteiger charge is 2.33. The minimum atomic E-state index is 0.430. The van der Waals surface area contributed by atoms with Gasteiger partial charge in [0, 0.05) is 38.2 Å². The molecule has 1 heterocycles. The largest absolute Gasteiger partial charge is 0.381 e. The lowest BCUT2D eigenvalue weighted by molar-refractivity contribution is 0.00737. The zero-order valence-corrected chi connectivity index (χ0v) is 13.8. The smallest absolute Gasteiger partial charge is 0.0472 e. The molecule has 0 aromatic carbocycles. The van der Waals surface area contributed by atoms with Gasteiger partial charge in [-0.3, -0.25) is 0 Å². The summed E-state index contributed by atoms with van der Waals surface area (Å²) < 4.78 is 5.52. The highest BCUT2D eigenvalue weighted by molar-refractivity contribution is 9.09. The molecular weight excluding hydrogens is 292 g/mol. The average molecular weight is 321 g/mol. The van der Waals surface area contributed by atoms with Crippen molar-refractivity contribution in [1.82, 2.24) is 9.80 Å². The van der Waals surface area contributed by atoms with Crippen molar-refractivity contribution in [3.05, 3.63) is 0 Å². The molecule has 1 aliphatic heterocycles. The zero-order valence-electron chi connectivity index (χ0n) is 12.3. The van der Waals surface area contributed by atoms with Gasteiger partial charge in [0.05, 0.1) is 0 Å².